The van der Waals surface area contributed by atoms with Crippen molar-refractivity contribution >= 4 is 11.7 Å². The average Bonchev–Trinajstić information content (AvgIpc) is 3.19. The van der Waals surface area contributed by atoms with E-state index in [4.69, 9.17) is 15.9 Å². The van der Waals surface area contributed by atoms with Crippen LogP contribution in [0.4, 0.5) is 4.79 Å². The summed E-state index contributed by atoms with van der Waals surface area (Å²) in [5.74, 6) is 1.56. The van der Waals surface area contributed by atoms with E-state index in [1.165, 1.54) is 11.3 Å². The molecular formula is C30H47N5O2. The van der Waals surface area contributed by atoms with Gasteiger partial charge in [-0.1, -0.05) is 39.0 Å². The van der Waals surface area contributed by atoms with Crippen LogP contribution in [0.1, 0.15) is 59.4 Å². The van der Waals surface area contributed by atoms with E-state index >= 15 is 0 Å². The highest BCUT2D eigenvalue weighted by atomic mass is 16.5. The third-order valence-corrected chi connectivity index (χ3v) is 7.73. The maximum Gasteiger partial charge on any atom is 0.321 e. The molecule has 0 spiro atoms. The van der Waals surface area contributed by atoms with Crippen molar-refractivity contribution < 1.29 is 9.53 Å². The second-order valence-electron chi connectivity index (χ2n) is 10.8. The Balaban J connectivity index is 1.97. The number of carbonyl (C=O) groups is 1. The molecule has 2 amide bonds. The smallest absolute Gasteiger partial charge is 0.321 e. The number of ether oxygens (including phenoxy) is 1. The summed E-state index contributed by atoms with van der Waals surface area (Å²) in [6.07, 6.45) is 6.89. The van der Waals surface area contributed by atoms with Crippen LogP contribution in [-0.4, -0.2) is 71.8 Å². The Morgan fingerprint density at radius 1 is 1.19 bits per heavy atom. The van der Waals surface area contributed by atoms with Gasteiger partial charge in [-0.05, 0) is 67.9 Å². The highest BCUT2D eigenvalue weighted by Gasteiger charge is 2.44. The summed E-state index contributed by atoms with van der Waals surface area (Å²) in [4.78, 5) is 20.5. The number of allylic oxidation sites excluding steroid dienone is 3. The highest BCUT2D eigenvalue weighted by Crippen LogP contribution is 2.37. The molecule has 3 unspecified atom stereocenters. The molecule has 7 heteroatoms. The van der Waals surface area contributed by atoms with Gasteiger partial charge in [-0.2, -0.15) is 0 Å². The van der Waals surface area contributed by atoms with Crippen LogP contribution >= 0.6 is 0 Å². The summed E-state index contributed by atoms with van der Waals surface area (Å²) in [7, 11) is 1.66. The van der Waals surface area contributed by atoms with Gasteiger partial charge in [0.05, 0.1) is 13.2 Å². The van der Waals surface area contributed by atoms with E-state index in [1.54, 1.807) is 7.11 Å². The van der Waals surface area contributed by atoms with E-state index in [0.717, 1.165) is 37.2 Å². The third-order valence-electron chi connectivity index (χ3n) is 7.73. The maximum absolute atomic E-state index is 14.0. The normalized spacial score (nSPS) is 20.7. The molecular weight excluding hydrogens is 462 g/mol. The lowest BCUT2D eigenvalue weighted by Crippen LogP contribution is -2.47. The molecule has 1 heterocycles. The van der Waals surface area contributed by atoms with Gasteiger partial charge in [-0.3, -0.25) is 0 Å². The molecule has 3 rings (SSSR count). The van der Waals surface area contributed by atoms with E-state index in [1.807, 2.05) is 29.2 Å². The number of benzene rings is 1. The van der Waals surface area contributed by atoms with Gasteiger partial charge in [0, 0.05) is 56.6 Å². The van der Waals surface area contributed by atoms with Crippen molar-refractivity contribution in [1.29, 1.82) is 5.41 Å². The molecule has 7 nitrogen and oxygen atoms in total. The van der Waals surface area contributed by atoms with Crippen molar-refractivity contribution in [1.82, 2.24) is 14.7 Å². The van der Waals surface area contributed by atoms with Crippen LogP contribution in [0.25, 0.3) is 0 Å². The van der Waals surface area contributed by atoms with E-state index in [9.17, 15) is 4.79 Å². The SMILES string of the molecule is CCN(CC)C1=CC=C(C2CN(Cc3ccc(OC)cc3)C(=O)N2C(CC(=N)CN)CC(C)C)C(C)C1. The Labute approximate surface area is 223 Å². The zero-order valence-electron chi connectivity index (χ0n) is 23.7. The molecule has 0 aromatic heterocycles. The number of hydrogen-bond donors (Lipinski definition) is 2. The van der Waals surface area contributed by atoms with Gasteiger partial charge in [0.25, 0.3) is 0 Å². The summed E-state index contributed by atoms with van der Waals surface area (Å²) >= 11 is 0. The topological polar surface area (TPSA) is 85.9 Å². The fourth-order valence-electron chi connectivity index (χ4n) is 5.80. The Morgan fingerprint density at radius 2 is 1.86 bits per heavy atom. The van der Waals surface area contributed by atoms with Gasteiger partial charge < -0.3 is 30.6 Å². The van der Waals surface area contributed by atoms with Crippen molar-refractivity contribution in [2.75, 3.05) is 33.3 Å². The molecule has 1 aliphatic carbocycles. The molecule has 1 aromatic rings. The second-order valence-corrected chi connectivity index (χ2v) is 10.8. The van der Waals surface area contributed by atoms with Crippen molar-refractivity contribution in [3.63, 3.8) is 0 Å². The number of nitrogens with one attached hydrogen (secondary N) is 1. The van der Waals surface area contributed by atoms with Crippen molar-refractivity contribution in [3.05, 3.63) is 53.3 Å². The lowest BCUT2D eigenvalue weighted by molar-refractivity contribution is 0.159. The molecule has 37 heavy (non-hydrogen) atoms. The number of hydrogen-bond acceptors (Lipinski definition) is 5. The molecule has 1 aromatic carbocycles. The number of nitrogens with zero attached hydrogens (tertiary/aromatic N) is 3. The Bertz CT molecular complexity index is 980. The van der Waals surface area contributed by atoms with Crippen LogP contribution in [0.2, 0.25) is 0 Å². The lowest BCUT2D eigenvalue weighted by atomic mass is 9.84. The summed E-state index contributed by atoms with van der Waals surface area (Å²) in [6.45, 7) is 14.5. The summed E-state index contributed by atoms with van der Waals surface area (Å²) in [5.41, 5.74) is 10.1. The number of methoxy groups -OCH3 is 1. The second kappa shape index (κ2) is 13.1. The van der Waals surface area contributed by atoms with Crippen molar-refractivity contribution in [2.24, 2.45) is 17.6 Å². The van der Waals surface area contributed by atoms with Gasteiger partial charge in [0.15, 0.2) is 0 Å². The molecule has 3 atom stereocenters. The lowest BCUT2D eigenvalue weighted by Gasteiger charge is -2.38. The molecule has 0 radical (unpaired) electrons. The van der Waals surface area contributed by atoms with Gasteiger partial charge >= 0.3 is 6.03 Å². The molecule has 0 saturated carbocycles. The minimum absolute atomic E-state index is 0.00965. The third kappa shape index (κ3) is 6.95. The molecule has 2 aliphatic rings. The Kier molecular flexibility index (Phi) is 10.2. The van der Waals surface area contributed by atoms with Gasteiger partial charge in [-0.15, -0.1) is 0 Å². The minimum Gasteiger partial charge on any atom is -0.497 e. The summed E-state index contributed by atoms with van der Waals surface area (Å²) < 4.78 is 5.31. The predicted molar refractivity (Wildman–Crippen MR) is 152 cm³/mol. The van der Waals surface area contributed by atoms with Crippen LogP contribution in [0.5, 0.6) is 5.75 Å². The van der Waals surface area contributed by atoms with E-state index < -0.39 is 0 Å². The maximum atomic E-state index is 14.0. The standard InChI is InChI=1S/C30H47N5O2/c1-7-33(8-2)25-11-14-28(22(5)16-25)29-20-34(19-23-9-12-27(37-6)13-10-23)30(36)35(29)26(15-21(3)4)17-24(32)18-31/h9-14,21-22,26,29,32H,7-8,15-20,31H2,1-6H3. The van der Waals surface area contributed by atoms with Crippen LogP contribution in [0.15, 0.2) is 47.7 Å². The quantitative estimate of drug-likeness (QED) is 0.355. The number of carbonyl (C=O) groups excluding carboxylic acids is 1. The van der Waals surface area contributed by atoms with E-state index in [0.29, 0.717) is 37.1 Å². The number of urea groups is 1. The van der Waals surface area contributed by atoms with Gasteiger partial charge in [0.2, 0.25) is 0 Å². The number of rotatable bonds is 13. The highest BCUT2D eigenvalue weighted by molar-refractivity contribution is 5.85. The first kappa shape index (κ1) is 28.8. The zero-order valence-corrected chi connectivity index (χ0v) is 23.7. The molecule has 1 aliphatic heterocycles. The minimum atomic E-state index is -0.0457. The largest absolute Gasteiger partial charge is 0.497 e. The number of amides is 2. The molecule has 1 saturated heterocycles. The fourth-order valence-corrected chi connectivity index (χ4v) is 5.80. The van der Waals surface area contributed by atoms with Crippen LogP contribution in [-0.2, 0) is 6.54 Å². The first-order chi connectivity index (χ1) is 17.7. The predicted octanol–water partition coefficient (Wildman–Crippen LogP) is 5.28. The van der Waals surface area contributed by atoms with Crippen LogP contribution < -0.4 is 10.5 Å². The van der Waals surface area contributed by atoms with Crippen molar-refractivity contribution in [2.45, 2.75) is 72.5 Å². The summed E-state index contributed by atoms with van der Waals surface area (Å²) in [5, 5.41) is 8.36. The molecule has 0 bridgehead atoms. The first-order valence-corrected chi connectivity index (χ1v) is 13.8. The van der Waals surface area contributed by atoms with E-state index in [2.05, 4.69) is 56.6 Å². The Morgan fingerprint density at radius 3 is 2.41 bits per heavy atom. The first-order valence-electron chi connectivity index (χ1n) is 13.8. The molecule has 1 fully saturated rings. The van der Waals surface area contributed by atoms with Crippen LogP contribution in [0, 0.1) is 17.2 Å². The number of nitrogens with two attached hydrogens (primary N) is 1. The fraction of sp³-hybridized carbons (Fsp3) is 0.600. The average molecular weight is 510 g/mol. The Hall–Kier alpha value is -2.80. The summed E-state index contributed by atoms with van der Waals surface area (Å²) in [6, 6.07) is 7.95. The van der Waals surface area contributed by atoms with Crippen LogP contribution in [0.3, 0.4) is 0 Å². The molecule has 204 valence electrons. The molecule has 3 N–H and O–H groups in total. The van der Waals surface area contributed by atoms with E-state index in [-0.39, 0.29) is 24.7 Å². The zero-order chi connectivity index (χ0) is 27.1. The monoisotopic (exact) mass is 509 g/mol. The van der Waals surface area contributed by atoms with Crippen molar-refractivity contribution in [3.8, 4) is 5.75 Å². The van der Waals surface area contributed by atoms with Gasteiger partial charge in [0.1, 0.15) is 5.75 Å². The van der Waals surface area contributed by atoms with Gasteiger partial charge in [-0.25, -0.2) is 4.79 Å².